The van der Waals surface area contributed by atoms with Crippen LogP contribution in [0, 0.1) is 0 Å². The standard InChI is InChI=1S/C21H15Cl3N2O2/c22-16-9-7-13(8-10-16)19(25-20(27)14-3-1-5-17(23)11-14)26-21(28)15-4-2-6-18(24)12-15/h1-12,19H,(H,25,27)(H,26,28). The molecule has 0 saturated heterocycles. The molecule has 0 saturated carbocycles. The van der Waals surface area contributed by atoms with Crippen LogP contribution in [-0.2, 0) is 0 Å². The molecule has 3 aromatic rings. The third-order valence-electron chi connectivity index (χ3n) is 3.93. The third-order valence-corrected chi connectivity index (χ3v) is 4.65. The number of carbonyl (C=O) groups is 2. The van der Waals surface area contributed by atoms with Gasteiger partial charge in [0.25, 0.3) is 11.8 Å². The number of benzene rings is 3. The van der Waals surface area contributed by atoms with E-state index in [1.807, 2.05) is 0 Å². The van der Waals surface area contributed by atoms with Crippen LogP contribution in [0.3, 0.4) is 0 Å². The average Bonchev–Trinajstić information content (AvgIpc) is 2.68. The van der Waals surface area contributed by atoms with Crippen molar-refractivity contribution in [2.24, 2.45) is 0 Å². The zero-order chi connectivity index (χ0) is 20.1. The fraction of sp³-hybridized carbons (Fsp3) is 0.0476. The second-order valence-electron chi connectivity index (χ2n) is 5.95. The third kappa shape index (κ3) is 5.26. The van der Waals surface area contributed by atoms with Gasteiger partial charge < -0.3 is 10.6 Å². The second kappa shape index (κ2) is 9.11. The van der Waals surface area contributed by atoms with Crippen LogP contribution in [0.5, 0.6) is 0 Å². The quantitative estimate of drug-likeness (QED) is 0.522. The Labute approximate surface area is 177 Å². The van der Waals surface area contributed by atoms with Gasteiger partial charge in [-0.3, -0.25) is 9.59 Å². The van der Waals surface area contributed by atoms with Gasteiger partial charge in [0.1, 0.15) is 6.17 Å². The summed E-state index contributed by atoms with van der Waals surface area (Å²) in [5.74, 6) is -0.761. The van der Waals surface area contributed by atoms with Crippen molar-refractivity contribution in [3.63, 3.8) is 0 Å². The molecule has 0 aliphatic rings. The van der Waals surface area contributed by atoms with Gasteiger partial charge in [-0.25, -0.2) is 0 Å². The highest BCUT2D eigenvalue weighted by molar-refractivity contribution is 6.31. The molecule has 7 heteroatoms. The van der Waals surface area contributed by atoms with Crippen molar-refractivity contribution in [1.82, 2.24) is 10.6 Å². The molecule has 142 valence electrons. The molecule has 28 heavy (non-hydrogen) atoms. The lowest BCUT2D eigenvalue weighted by Crippen LogP contribution is -2.41. The van der Waals surface area contributed by atoms with Gasteiger partial charge in [-0.2, -0.15) is 0 Å². The van der Waals surface area contributed by atoms with Gasteiger partial charge in [0.2, 0.25) is 0 Å². The molecule has 0 aliphatic carbocycles. The first-order valence-corrected chi connectivity index (χ1v) is 9.44. The van der Waals surface area contributed by atoms with E-state index in [9.17, 15) is 9.59 Å². The van der Waals surface area contributed by atoms with E-state index >= 15 is 0 Å². The number of halogens is 3. The summed E-state index contributed by atoms with van der Waals surface area (Å²) in [6.45, 7) is 0. The fourth-order valence-electron chi connectivity index (χ4n) is 2.55. The van der Waals surface area contributed by atoms with Crippen LogP contribution < -0.4 is 10.6 Å². The van der Waals surface area contributed by atoms with Crippen molar-refractivity contribution in [2.45, 2.75) is 6.17 Å². The largest absolute Gasteiger partial charge is 0.328 e. The zero-order valence-corrected chi connectivity index (χ0v) is 16.7. The monoisotopic (exact) mass is 432 g/mol. The van der Waals surface area contributed by atoms with E-state index in [2.05, 4.69) is 10.6 Å². The lowest BCUT2D eigenvalue weighted by Gasteiger charge is -2.21. The van der Waals surface area contributed by atoms with Crippen LogP contribution in [-0.4, -0.2) is 11.8 Å². The number of hydrogen-bond donors (Lipinski definition) is 2. The van der Waals surface area contributed by atoms with E-state index in [1.165, 1.54) is 0 Å². The molecule has 0 atom stereocenters. The van der Waals surface area contributed by atoms with Gasteiger partial charge in [0, 0.05) is 26.2 Å². The van der Waals surface area contributed by atoms with Gasteiger partial charge in [0.05, 0.1) is 0 Å². The summed E-state index contributed by atoms with van der Waals surface area (Å²) in [6, 6.07) is 19.9. The Morgan fingerprint density at radius 2 is 1.11 bits per heavy atom. The fourth-order valence-corrected chi connectivity index (χ4v) is 3.05. The summed E-state index contributed by atoms with van der Waals surface area (Å²) in [5.41, 5.74) is 1.42. The molecular weight excluding hydrogens is 419 g/mol. The predicted octanol–water partition coefficient (Wildman–Crippen LogP) is 5.51. The highest BCUT2D eigenvalue weighted by Crippen LogP contribution is 2.18. The van der Waals surface area contributed by atoms with Crippen molar-refractivity contribution in [3.8, 4) is 0 Å². The molecule has 2 N–H and O–H groups in total. The van der Waals surface area contributed by atoms with Crippen LogP contribution in [0.25, 0.3) is 0 Å². The summed E-state index contributed by atoms with van der Waals surface area (Å²) >= 11 is 17.9. The Morgan fingerprint density at radius 3 is 1.54 bits per heavy atom. The molecule has 0 radical (unpaired) electrons. The summed E-state index contributed by atoms with van der Waals surface area (Å²) in [6.07, 6.45) is -0.782. The Morgan fingerprint density at radius 1 is 0.643 bits per heavy atom. The second-order valence-corrected chi connectivity index (χ2v) is 7.26. The molecule has 3 aromatic carbocycles. The van der Waals surface area contributed by atoms with Gasteiger partial charge in [-0.05, 0) is 54.1 Å². The molecule has 0 bridgehead atoms. The first kappa shape index (κ1) is 20.2. The van der Waals surface area contributed by atoms with Gasteiger partial charge >= 0.3 is 0 Å². The number of nitrogens with one attached hydrogen (secondary N) is 2. The summed E-state index contributed by atoms with van der Waals surface area (Å²) in [5, 5.41) is 7.04. The molecule has 3 rings (SSSR count). The summed E-state index contributed by atoms with van der Waals surface area (Å²) < 4.78 is 0. The minimum atomic E-state index is -0.782. The van der Waals surface area contributed by atoms with Crippen molar-refractivity contribution >= 4 is 46.6 Å². The van der Waals surface area contributed by atoms with E-state index in [4.69, 9.17) is 34.8 Å². The molecular formula is C21H15Cl3N2O2. The molecule has 0 aromatic heterocycles. The summed E-state index contributed by atoms with van der Waals surface area (Å²) in [4.78, 5) is 25.3. The lowest BCUT2D eigenvalue weighted by atomic mass is 10.1. The Balaban J connectivity index is 1.85. The Hall–Kier alpha value is -2.53. The molecule has 4 nitrogen and oxygen atoms in total. The maximum atomic E-state index is 12.7. The van der Waals surface area contributed by atoms with Gasteiger partial charge in [-0.1, -0.05) is 59.1 Å². The first-order chi connectivity index (χ1) is 13.4. The van der Waals surface area contributed by atoms with E-state index in [0.29, 0.717) is 31.8 Å². The number of hydrogen-bond acceptors (Lipinski definition) is 2. The molecule has 0 spiro atoms. The number of carbonyl (C=O) groups excluding carboxylic acids is 2. The van der Waals surface area contributed by atoms with Crippen LogP contribution in [0.15, 0.2) is 72.8 Å². The van der Waals surface area contributed by atoms with Gasteiger partial charge in [-0.15, -0.1) is 0 Å². The van der Waals surface area contributed by atoms with Crippen LogP contribution in [0.4, 0.5) is 0 Å². The molecule has 2 amide bonds. The van der Waals surface area contributed by atoms with Crippen molar-refractivity contribution in [2.75, 3.05) is 0 Å². The maximum Gasteiger partial charge on any atom is 0.253 e. The topological polar surface area (TPSA) is 58.2 Å². The van der Waals surface area contributed by atoms with Crippen LogP contribution in [0.1, 0.15) is 32.4 Å². The highest BCUT2D eigenvalue weighted by Gasteiger charge is 2.19. The minimum absolute atomic E-state index is 0.378. The van der Waals surface area contributed by atoms with Crippen LogP contribution in [0.2, 0.25) is 15.1 Å². The molecule has 0 unspecified atom stereocenters. The molecule has 0 heterocycles. The molecule has 0 aliphatic heterocycles. The van der Waals surface area contributed by atoms with E-state index in [-0.39, 0.29) is 11.8 Å². The van der Waals surface area contributed by atoms with E-state index < -0.39 is 6.17 Å². The Kier molecular flexibility index (Phi) is 6.57. The minimum Gasteiger partial charge on any atom is -0.328 e. The van der Waals surface area contributed by atoms with Crippen molar-refractivity contribution in [1.29, 1.82) is 0 Å². The number of rotatable bonds is 5. The first-order valence-electron chi connectivity index (χ1n) is 8.31. The Bertz CT molecular complexity index is 947. The predicted molar refractivity (Wildman–Crippen MR) is 112 cm³/mol. The van der Waals surface area contributed by atoms with Crippen molar-refractivity contribution in [3.05, 3.63) is 105 Å². The van der Waals surface area contributed by atoms with Gasteiger partial charge in [0.15, 0.2) is 0 Å². The zero-order valence-electron chi connectivity index (χ0n) is 14.5. The lowest BCUT2D eigenvalue weighted by molar-refractivity contribution is 0.0883. The smallest absolute Gasteiger partial charge is 0.253 e. The normalized spacial score (nSPS) is 10.6. The molecule has 0 fully saturated rings. The number of amides is 2. The maximum absolute atomic E-state index is 12.7. The van der Waals surface area contributed by atoms with Crippen molar-refractivity contribution < 1.29 is 9.59 Å². The van der Waals surface area contributed by atoms with Crippen LogP contribution >= 0.6 is 34.8 Å². The van der Waals surface area contributed by atoms with E-state index in [1.54, 1.807) is 72.8 Å². The SMILES string of the molecule is O=C(NC(NC(=O)c1cccc(Cl)c1)c1ccc(Cl)cc1)c1cccc(Cl)c1. The summed E-state index contributed by atoms with van der Waals surface area (Å²) in [7, 11) is 0. The highest BCUT2D eigenvalue weighted by atomic mass is 35.5. The van der Waals surface area contributed by atoms with E-state index in [0.717, 1.165) is 0 Å². The average molecular weight is 434 g/mol.